The van der Waals surface area contributed by atoms with Crippen molar-refractivity contribution in [1.82, 2.24) is 9.78 Å². The van der Waals surface area contributed by atoms with Gasteiger partial charge >= 0.3 is 0 Å². The number of allylic oxidation sites excluding steroid dienone is 1. The molecular weight excluding hydrogens is 282 g/mol. The highest BCUT2D eigenvalue weighted by Crippen LogP contribution is 2.24. The maximum absolute atomic E-state index is 11.9. The summed E-state index contributed by atoms with van der Waals surface area (Å²) in [5.74, 6) is 0. The second-order valence-electron chi connectivity index (χ2n) is 4.27. The van der Waals surface area contributed by atoms with Gasteiger partial charge in [-0.05, 0) is 28.8 Å². The first kappa shape index (κ1) is 12.4. The lowest BCUT2D eigenvalue weighted by Gasteiger charge is -2.14. The van der Waals surface area contributed by atoms with Crippen molar-refractivity contribution in [3.05, 3.63) is 33.7 Å². The average Bonchev–Trinajstić information content (AvgIpc) is 2.82. The summed E-state index contributed by atoms with van der Waals surface area (Å²) >= 11 is 3.34. The summed E-state index contributed by atoms with van der Waals surface area (Å²) in [6.45, 7) is 4.03. The molecule has 0 spiro atoms. The molecule has 92 valence electrons. The summed E-state index contributed by atoms with van der Waals surface area (Å²) in [7, 11) is 0. The van der Waals surface area contributed by atoms with Gasteiger partial charge in [-0.15, -0.1) is 6.58 Å². The van der Waals surface area contributed by atoms with Crippen molar-refractivity contribution in [2.75, 3.05) is 5.32 Å². The summed E-state index contributed by atoms with van der Waals surface area (Å²) < 4.78 is 1.94. The van der Waals surface area contributed by atoms with E-state index < -0.39 is 0 Å². The second-order valence-corrected chi connectivity index (χ2v) is 5.07. The summed E-state index contributed by atoms with van der Waals surface area (Å²) in [5.41, 5.74) is 0.676. The zero-order chi connectivity index (χ0) is 12.3. The molecule has 1 aliphatic carbocycles. The van der Waals surface area contributed by atoms with Gasteiger partial charge in [0.2, 0.25) is 0 Å². The number of halogens is 1. The summed E-state index contributed by atoms with van der Waals surface area (Å²) in [6.07, 6.45) is 8.22. The maximum atomic E-state index is 11.9. The van der Waals surface area contributed by atoms with E-state index in [0.29, 0.717) is 17.1 Å². The molecule has 1 saturated carbocycles. The van der Waals surface area contributed by atoms with Crippen LogP contribution in [0.3, 0.4) is 0 Å². The van der Waals surface area contributed by atoms with E-state index in [0.717, 1.165) is 5.69 Å². The predicted octanol–water partition coefficient (Wildman–Crippen LogP) is 2.55. The Morgan fingerprint density at radius 1 is 1.59 bits per heavy atom. The van der Waals surface area contributed by atoms with Gasteiger partial charge in [-0.2, -0.15) is 5.10 Å². The van der Waals surface area contributed by atoms with Gasteiger partial charge < -0.3 is 5.32 Å². The van der Waals surface area contributed by atoms with Crippen LogP contribution in [0.15, 0.2) is 28.1 Å². The second kappa shape index (κ2) is 5.49. The van der Waals surface area contributed by atoms with Crippen LogP contribution in [0.1, 0.15) is 25.7 Å². The molecule has 17 heavy (non-hydrogen) atoms. The Labute approximate surface area is 109 Å². The standard InChI is InChI=1S/C12H16BrN3O/c1-2-7-16-12(17)11(13)10(8-14-16)15-9-5-3-4-6-9/h2,8-9,15H,1,3-7H2. The molecule has 0 atom stereocenters. The summed E-state index contributed by atoms with van der Waals surface area (Å²) in [4.78, 5) is 11.9. The number of aromatic nitrogens is 2. The van der Waals surface area contributed by atoms with Crippen LogP contribution in [0.4, 0.5) is 5.69 Å². The number of rotatable bonds is 4. The van der Waals surface area contributed by atoms with Crippen LogP contribution >= 0.6 is 15.9 Å². The molecular formula is C12H16BrN3O. The highest BCUT2D eigenvalue weighted by molar-refractivity contribution is 9.10. The van der Waals surface area contributed by atoms with Crippen LogP contribution in [0.2, 0.25) is 0 Å². The highest BCUT2D eigenvalue weighted by atomic mass is 79.9. The van der Waals surface area contributed by atoms with Crippen LogP contribution < -0.4 is 10.9 Å². The Morgan fingerprint density at radius 3 is 2.94 bits per heavy atom. The molecule has 2 rings (SSSR count). The van der Waals surface area contributed by atoms with Crippen molar-refractivity contribution in [2.45, 2.75) is 38.3 Å². The predicted molar refractivity (Wildman–Crippen MR) is 72.3 cm³/mol. The molecule has 1 aliphatic rings. The SMILES string of the molecule is C=CCn1ncc(NC2CCCC2)c(Br)c1=O. The Morgan fingerprint density at radius 2 is 2.29 bits per heavy atom. The van der Waals surface area contributed by atoms with Gasteiger partial charge in [0.1, 0.15) is 4.47 Å². The average molecular weight is 298 g/mol. The molecule has 0 aromatic carbocycles. The zero-order valence-electron chi connectivity index (χ0n) is 9.66. The third-order valence-corrected chi connectivity index (χ3v) is 3.77. The Kier molecular flexibility index (Phi) is 3.99. The monoisotopic (exact) mass is 297 g/mol. The van der Waals surface area contributed by atoms with Crippen LogP contribution in [0.5, 0.6) is 0 Å². The van der Waals surface area contributed by atoms with Crippen LogP contribution in [-0.2, 0) is 6.54 Å². The lowest BCUT2D eigenvalue weighted by molar-refractivity contribution is 0.646. The van der Waals surface area contributed by atoms with Gasteiger partial charge in [0.05, 0.1) is 18.4 Å². The number of nitrogens with zero attached hydrogens (tertiary/aromatic N) is 2. The van der Waals surface area contributed by atoms with Gasteiger partial charge in [-0.25, -0.2) is 4.68 Å². The first-order chi connectivity index (χ1) is 8.22. The van der Waals surface area contributed by atoms with E-state index in [-0.39, 0.29) is 5.56 Å². The third-order valence-electron chi connectivity index (χ3n) is 3.00. The number of nitrogens with one attached hydrogen (secondary N) is 1. The molecule has 0 amide bonds. The molecule has 1 N–H and O–H groups in total. The van der Waals surface area contributed by atoms with Gasteiger partial charge in [0, 0.05) is 6.04 Å². The third kappa shape index (κ3) is 2.77. The lowest BCUT2D eigenvalue weighted by Crippen LogP contribution is -2.25. The fourth-order valence-electron chi connectivity index (χ4n) is 2.11. The molecule has 0 radical (unpaired) electrons. The molecule has 1 aromatic heterocycles. The fourth-order valence-corrected chi connectivity index (χ4v) is 2.53. The van der Waals surface area contributed by atoms with Crippen LogP contribution in [-0.4, -0.2) is 15.8 Å². The zero-order valence-corrected chi connectivity index (χ0v) is 11.2. The topological polar surface area (TPSA) is 46.9 Å². The molecule has 0 saturated heterocycles. The largest absolute Gasteiger partial charge is 0.380 e. The molecule has 0 unspecified atom stereocenters. The summed E-state index contributed by atoms with van der Waals surface area (Å²) in [5, 5.41) is 7.48. The fraction of sp³-hybridized carbons (Fsp3) is 0.500. The molecule has 4 nitrogen and oxygen atoms in total. The van der Waals surface area contributed by atoms with Gasteiger partial charge in [0.25, 0.3) is 5.56 Å². The minimum absolute atomic E-state index is 0.118. The minimum atomic E-state index is -0.118. The number of hydrogen-bond acceptors (Lipinski definition) is 3. The first-order valence-corrected chi connectivity index (χ1v) is 6.64. The molecule has 1 fully saturated rings. The Balaban J connectivity index is 2.20. The van der Waals surface area contributed by atoms with Crippen molar-refractivity contribution < 1.29 is 0 Å². The van der Waals surface area contributed by atoms with Gasteiger partial charge in [0.15, 0.2) is 0 Å². The molecule has 0 bridgehead atoms. The number of hydrogen-bond donors (Lipinski definition) is 1. The van der Waals surface area contributed by atoms with Crippen LogP contribution in [0, 0.1) is 0 Å². The van der Waals surface area contributed by atoms with E-state index in [2.05, 4.69) is 32.9 Å². The Bertz CT molecular complexity index is 463. The Hall–Kier alpha value is -1.10. The quantitative estimate of drug-likeness (QED) is 0.869. The van der Waals surface area contributed by atoms with E-state index in [9.17, 15) is 4.79 Å². The molecule has 0 aliphatic heterocycles. The van der Waals surface area contributed by atoms with Crippen molar-refractivity contribution in [3.8, 4) is 0 Å². The lowest BCUT2D eigenvalue weighted by atomic mass is 10.2. The number of anilines is 1. The van der Waals surface area contributed by atoms with Crippen molar-refractivity contribution >= 4 is 21.6 Å². The van der Waals surface area contributed by atoms with Gasteiger partial charge in [-0.3, -0.25) is 4.79 Å². The minimum Gasteiger partial charge on any atom is -0.380 e. The maximum Gasteiger partial charge on any atom is 0.283 e. The first-order valence-electron chi connectivity index (χ1n) is 5.85. The summed E-state index contributed by atoms with van der Waals surface area (Å²) in [6, 6.07) is 0.475. The van der Waals surface area contributed by atoms with E-state index in [4.69, 9.17) is 0 Å². The van der Waals surface area contributed by atoms with E-state index in [1.54, 1.807) is 12.3 Å². The van der Waals surface area contributed by atoms with E-state index >= 15 is 0 Å². The van der Waals surface area contributed by atoms with E-state index in [1.165, 1.54) is 30.4 Å². The molecule has 1 heterocycles. The van der Waals surface area contributed by atoms with Crippen LogP contribution in [0.25, 0.3) is 0 Å². The smallest absolute Gasteiger partial charge is 0.283 e. The van der Waals surface area contributed by atoms with Crippen molar-refractivity contribution in [3.63, 3.8) is 0 Å². The van der Waals surface area contributed by atoms with E-state index in [1.807, 2.05) is 0 Å². The normalized spacial score (nSPS) is 16.1. The molecule has 1 aromatic rings. The highest BCUT2D eigenvalue weighted by Gasteiger charge is 2.17. The van der Waals surface area contributed by atoms with Gasteiger partial charge in [-0.1, -0.05) is 18.9 Å². The molecule has 5 heteroatoms. The van der Waals surface area contributed by atoms with Crippen molar-refractivity contribution in [1.29, 1.82) is 0 Å². The van der Waals surface area contributed by atoms with Crippen molar-refractivity contribution in [2.24, 2.45) is 0 Å².